The molecule has 0 fully saturated rings. The number of aliphatic hydroxyl groups is 2. The topological polar surface area (TPSA) is 57.5 Å². The Balaban J connectivity index is 2.59. The highest BCUT2D eigenvalue weighted by Crippen LogP contribution is 2.15. The van der Waals surface area contributed by atoms with Gasteiger partial charge in [0.2, 0.25) is 0 Å². The summed E-state index contributed by atoms with van der Waals surface area (Å²) in [6, 6.07) is 8.92. The van der Waals surface area contributed by atoms with E-state index in [-0.39, 0.29) is 12.2 Å². The summed E-state index contributed by atoms with van der Waals surface area (Å²) in [5.74, 6) is -0.351. The van der Waals surface area contributed by atoms with Crippen LogP contribution in [-0.4, -0.2) is 22.6 Å². The van der Waals surface area contributed by atoms with Crippen molar-refractivity contribution >= 4 is 5.78 Å². The van der Waals surface area contributed by atoms with Crippen molar-refractivity contribution in [2.75, 3.05) is 6.61 Å². The second-order valence-corrected chi connectivity index (χ2v) is 2.83. The summed E-state index contributed by atoms with van der Waals surface area (Å²) in [7, 11) is 0. The van der Waals surface area contributed by atoms with E-state index < -0.39 is 12.7 Å². The van der Waals surface area contributed by atoms with E-state index in [4.69, 9.17) is 5.11 Å². The zero-order chi connectivity index (χ0) is 9.68. The van der Waals surface area contributed by atoms with Crippen molar-refractivity contribution in [3.63, 3.8) is 0 Å². The van der Waals surface area contributed by atoms with Gasteiger partial charge in [0.05, 0.1) is 6.10 Å². The molecule has 0 aliphatic rings. The molecule has 1 aromatic carbocycles. The number of rotatable bonds is 4. The quantitative estimate of drug-likeness (QED) is 0.716. The van der Waals surface area contributed by atoms with E-state index in [0.29, 0.717) is 5.56 Å². The Labute approximate surface area is 76.6 Å². The van der Waals surface area contributed by atoms with Crippen molar-refractivity contribution in [3.8, 4) is 0 Å². The first-order valence-electron chi connectivity index (χ1n) is 4.09. The zero-order valence-corrected chi connectivity index (χ0v) is 7.18. The average Bonchev–Trinajstić information content (AvgIpc) is 2.19. The normalized spacial score (nSPS) is 12.5. The summed E-state index contributed by atoms with van der Waals surface area (Å²) in [4.78, 5) is 10.8. The molecule has 0 amide bonds. The number of hydrogen-bond donors (Lipinski definition) is 2. The van der Waals surface area contributed by atoms with Crippen molar-refractivity contribution in [2.24, 2.45) is 0 Å². The van der Waals surface area contributed by atoms with Crippen molar-refractivity contribution in [3.05, 3.63) is 35.9 Å². The van der Waals surface area contributed by atoms with Gasteiger partial charge < -0.3 is 10.2 Å². The molecule has 1 rings (SSSR count). The molecule has 70 valence electrons. The minimum Gasteiger partial charge on any atom is -0.389 e. The molecule has 0 aliphatic carbocycles. The number of carbonyl (C=O) groups excluding carboxylic acids is 1. The van der Waals surface area contributed by atoms with Gasteiger partial charge in [0.1, 0.15) is 6.61 Å². The Morgan fingerprint density at radius 2 is 1.92 bits per heavy atom. The third-order valence-corrected chi connectivity index (χ3v) is 1.78. The summed E-state index contributed by atoms with van der Waals surface area (Å²) in [5, 5.41) is 18.0. The van der Waals surface area contributed by atoms with Gasteiger partial charge >= 0.3 is 0 Å². The van der Waals surface area contributed by atoms with Crippen molar-refractivity contribution < 1.29 is 15.0 Å². The van der Waals surface area contributed by atoms with Crippen molar-refractivity contribution in [1.29, 1.82) is 0 Å². The van der Waals surface area contributed by atoms with Crippen molar-refractivity contribution in [2.45, 2.75) is 12.5 Å². The van der Waals surface area contributed by atoms with Gasteiger partial charge in [-0.1, -0.05) is 30.3 Å². The maximum Gasteiger partial charge on any atom is 0.161 e. The van der Waals surface area contributed by atoms with E-state index in [1.807, 2.05) is 6.07 Å². The van der Waals surface area contributed by atoms with E-state index >= 15 is 0 Å². The van der Waals surface area contributed by atoms with Gasteiger partial charge in [-0.05, 0) is 5.56 Å². The first-order chi connectivity index (χ1) is 6.24. The van der Waals surface area contributed by atoms with Crippen LogP contribution in [0.15, 0.2) is 30.3 Å². The van der Waals surface area contributed by atoms with Crippen LogP contribution in [0.2, 0.25) is 0 Å². The zero-order valence-electron chi connectivity index (χ0n) is 7.18. The molecule has 0 heterocycles. The molecule has 0 saturated heterocycles. The van der Waals surface area contributed by atoms with Crippen LogP contribution >= 0.6 is 0 Å². The molecule has 0 saturated carbocycles. The molecule has 0 aliphatic heterocycles. The molecule has 3 heteroatoms. The lowest BCUT2D eigenvalue weighted by Gasteiger charge is -2.08. The highest BCUT2D eigenvalue weighted by atomic mass is 16.3. The van der Waals surface area contributed by atoms with E-state index in [1.165, 1.54) is 0 Å². The van der Waals surface area contributed by atoms with Gasteiger partial charge in [0.15, 0.2) is 5.78 Å². The molecule has 1 atom stereocenters. The number of carbonyl (C=O) groups is 1. The standard InChI is InChI=1S/C10H12O3/c11-7-9(12)6-10(13)8-4-2-1-3-5-8/h1-5,10-11,13H,6-7H2/t10-/m1/s1. The fraction of sp³-hybridized carbons (Fsp3) is 0.300. The smallest absolute Gasteiger partial charge is 0.161 e. The van der Waals surface area contributed by atoms with E-state index in [0.717, 1.165) is 0 Å². The van der Waals surface area contributed by atoms with Crippen LogP contribution in [0, 0.1) is 0 Å². The highest BCUT2D eigenvalue weighted by molar-refractivity contribution is 5.79. The Bertz CT molecular complexity index is 269. The molecule has 0 radical (unpaired) electrons. The van der Waals surface area contributed by atoms with Gasteiger partial charge in [-0.2, -0.15) is 0 Å². The largest absolute Gasteiger partial charge is 0.389 e. The third kappa shape index (κ3) is 2.97. The molecule has 0 bridgehead atoms. The number of benzene rings is 1. The molecule has 1 aromatic rings. The van der Waals surface area contributed by atoms with Crippen LogP contribution in [0.4, 0.5) is 0 Å². The summed E-state index contributed by atoms with van der Waals surface area (Å²) >= 11 is 0. The third-order valence-electron chi connectivity index (χ3n) is 1.78. The number of Topliss-reactive ketones (excluding diaryl/α,β-unsaturated/α-hetero) is 1. The van der Waals surface area contributed by atoms with E-state index in [1.54, 1.807) is 24.3 Å². The molecule has 13 heavy (non-hydrogen) atoms. The molecular weight excluding hydrogens is 168 g/mol. The minimum atomic E-state index is -0.805. The minimum absolute atomic E-state index is 0.0273. The summed E-state index contributed by atoms with van der Waals surface area (Å²) < 4.78 is 0. The number of aliphatic hydroxyl groups excluding tert-OH is 2. The first-order valence-corrected chi connectivity index (χ1v) is 4.09. The lowest BCUT2D eigenvalue weighted by atomic mass is 10.1. The summed E-state index contributed by atoms with van der Waals surface area (Å²) in [5.41, 5.74) is 0.698. The molecule has 0 spiro atoms. The molecule has 0 aromatic heterocycles. The Hall–Kier alpha value is -1.19. The predicted octanol–water partition coefficient (Wildman–Crippen LogP) is 0.671. The SMILES string of the molecule is O=C(CO)C[C@@H](O)c1ccccc1. The fourth-order valence-corrected chi connectivity index (χ4v) is 1.07. The fourth-order valence-electron chi connectivity index (χ4n) is 1.07. The van der Waals surface area contributed by atoms with Gasteiger partial charge in [-0.25, -0.2) is 0 Å². The Morgan fingerprint density at radius 1 is 1.31 bits per heavy atom. The Morgan fingerprint density at radius 3 is 2.46 bits per heavy atom. The van der Waals surface area contributed by atoms with E-state index in [9.17, 15) is 9.90 Å². The molecule has 3 nitrogen and oxygen atoms in total. The van der Waals surface area contributed by atoms with Crippen LogP contribution in [0.5, 0.6) is 0 Å². The summed E-state index contributed by atoms with van der Waals surface area (Å²) in [6.07, 6.45) is -0.832. The average molecular weight is 180 g/mol. The van der Waals surface area contributed by atoms with Crippen LogP contribution in [0.25, 0.3) is 0 Å². The molecular formula is C10H12O3. The monoisotopic (exact) mass is 180 g/mol. The molecule has 2 N–H and O–H groups in total. The van der Waals surface area contributed by atoms with Crippen LogP contribution < -0.4 is 0 Å². The van der Waals surface area contributed by atoms with Gasteiger partial charge in [0, 0.05) is 6.42 Å². The van der Waals surface area contributed by atoms with Gasteiger partial charge in [-0.15, -0.1) is 0 Å². The van der Waals surface area contributed by atoms with Crippen LogP contribution in [0.3, 0.4) is 0 Å². The van der Waals surface area contributed by atoms with Crippen LogP contribution in [0.1, 0.15) is 18.1 Å². The number of ketones is 1. The lowest BCUT2D eigenvalue weighted by molar-refractivity contribution is -0.123. The van der Waals surface area contributed by atoms with Crippen LogP contribution in [-0.2, 0) is 4.79 Å². The summed E-state index contributed by atoms with van der Waals surface area (Å²) in [6.45, 7) is -0.510. The predicted molar refractivity (Wildman–Crippen MR) is 48.1 cm³/mol. The highest BCUT2D eigenvalue weighted by Gasteiger charge is 2.11. The van der Waals surface area contributed by atoms with Gasteiger partial charge in [0.25, 0.3) is 0 Å². The lowest BCUT2D eigenvalue weighted by Crippen LogP contribution is -2.09. The maximum atomic E-state index is 10.8. The Kier molecular flexibility index (Phi) is 3.61. The van der Waals surface area contributed by atoms with Crippen molar-refractivity contribution in [1.82, 2.24) is 0 Å². The first kappa shape index (κ1) is 9.89. The maximum absolute atomic E-state index is 10.8. The molecule has 0 unspecified atom stereocenters. The van der Waals surface area contributed by atoms with E-state index in [2.05, 4.69) is 0 Å². The second kappa shape index (κ2) is 4.74. The number of hydrogen-bond acceptors (Lipinski definition) is 3. The van der Waals surface area contributed by atoms with Gasteiger partial charge in [-0.3, -0.25) is 4.79 Å². The second-order valence-electron chi connectivity index (χ2n) is 2.83.